The van der Waals surface area contributed by atoms with Crippen molar-refractivity contribution in [1.82, 2.24) is 14.7 Å². The summed E-state index contributed by atoms with van der Waals surface area (Å²) >= 11 is 0. The number of aliphatic hydroxyl groups excluding tert-OH is 1. The molecule has 198 valence electrons. The number of rotatable bonds is 6. The normalized spacial score (nSPS) is 23.6. The van der Waals surface area contributed by atoms with Crippen LogP contribution >= 0.6 is 0 Å². The zero-order chi connectivity index (χ0) is 26.1. The summed E-state index contributed by atoms with van der Waals surface area (Å²) in [5.74, 6) is -0.656. The molecule has 2 unspecified atom stereocenters. The molecule has 2 heterocycles. The van der Waals surface area contributed by atoms with Crippen LogP contribution < -0.4 is 10.1 Å². The summed E-state index contributed by atoms with van der Waals surface area (Å²) in [4.78, 5) is 42.7. The van der Waals surface area contributed by atoms with Gasteiger partial charge in [-0.2, -0.15) is 0 Å². The summed E-state index contributed by atoms with van der Waals surface area (Å²) in [5, 5.41) is 12.9. The molecule has 0 aromatic heterocycles. The van der Waals surface area contributed by atoms with Crippen LogP contribution in [0, 0.1) is 5.41 Å². The van der Waals surface area contributed by atoms with E-state index < -0.39 is 30.3 Å². The number of amides is 4. The Hall–Kier alpha value is -3.02. The van der Waals surface area contributed by atoms with E-state index in [9.17, 15) is 32.7 Å². The van der Waals surface area contributed by atoms with E-state index in [-0.39, 0.29) is 35.9 Å². The van der Waals surface area contributed by atoms with Crippen LogP contribution in [0.5, 0.6) is 5.75 Å². The maximum Gasteiger partial charge on any atom is 0.573 e. The minimum atomic E-state index is -4.80. The van der Waals surface area contributed by atoms with Crippen LogP contribution in [-0.4, -0.2) is 88.9 Å². The third-order valence-electron chi connectivity index (χ3n) is 7.39. The number of carbonyl (C=O) groups excluding carboxylic acids is 3. The number of alkyl halides is 3. The van der Waals surface area contributed by atoms with Gasteiger partial charge in [0, 0.05) is 44.8 Å². The molecule has 1 saturated carbocycles. The lowest BCUT2D eigenvalue weighted by Gasteiger charge is -2.39. The fourth-order valence-corrected chi connectivity index (χ4v) is 4.93. The van der Waals surface area contributed by atoms with E-state index in [1.165, 1.54) is 17.0 Å². The van der Waals surface area contributed by atoms with E-state index in [0.29, 0.717) is 32.6 Å². The highest BCUT2D eigenvalue weighted by Crippen LogP contribution is 2.53. The highest BCUT2D eigenvalue weighted by Gasteiger charge is 2.51. The van der Waals surface area contributed by atoms with Gasteiger partial charge in [0.2, 0.25) is 11.8 Å². The van der Waals surface area contributed by atoms with Crippen molar-refractivity contribution in [2.24, 2.45) is 5.41 Å². The van der Waals surface area contributed by atoms with E-state index in [0.717, 1.165) is 31.4 Å². The monoisotopic (exact) mass is 512 g/mol. The zero-order valence-electron chi connectivity index (χ0n) is 20.1. The molecule has 0 radical (unpaired) electrons. The second-order valence-corrected chi connectivity index (χ2v) is 9.77. The number of benzene rings is 1. The van der Waals surface area contributed by atoms with Gasteiger partial charge in [-0.05, 0) is 62.3 Å². The molecule has 1 spiro atoms. The largest absolute Gasteiger partial charge is 0.573 e. The molecule has 2 saturated heterocycles. The van der Waals surface area contributed by atoms with Crippen LogP contribution in [0.3, 0.4) is 0 Å². The number of piperidine rings is 1. The minimum Gasteiger partial charge on any atom is -0.406 e. The molecular weight excluding hydrogens is 481 g/mol. The lowest BCUT2D eigenvalue weighted by molar-refractivity contribution is -0.274. The third kappa shape index (κ3) is 6.03. The Morgan fingerprint density at radius 1 is 1.14 bits per heavy atom. The van der Waals surface area contributed by atoms with Crippen molar-refractivity contribution < 1.29 is 37.4 Å². The van der Waals surface area contributed by atoms with Gasteiger partial charge in [0.25, 0.3) is 0 Å². The van der Waals surface area contributed by atoms with Crippen molar-refractivity contribution in [3.05, 3.63) is 24.3 Å². The Kier molecular flexibility index (Phi) is 7.35. The molecule has 2 N–H and O–H groups in total. The number of piperazine rings is 1. The van der Waals surface area contributed by atoms with Crippen molar-refractivity contribution in [3.63, 3.8) is 0 Å². The van der Waals surface area contributed by atoms with Crippen molar-refractivity contribution in [2.75, 3.05) is 38.0 Å². The number of aliphatic hydroxyl groups is 1. The van der Waals surface area contributed by atoms with E-state index >= 15 is 0 Å². The third-order valence-corrected chi connectivity index (χ3v) is 7.39. The quantitative estimate of drug-likeness (QED) is 0.611. The Morgan fingerprint density at radius 2 is 1.83 bits per heavy atom. The van der Waals surface area contributed by atoms with Gasteiger partial charge in [0.05, 0.1) is 6.10 Å². The number of anilines is 1. The van der Waals surface area contributed by atoms with Crippen LogP contribution in [0.2, 0.25) is 0 Å². The number of nitrogens with zero attached hydrogens (tertiary/aromatic N) is 3. The van der Waals surface area contributed by atoms with Gasteiger partial charge >= 0.3 is 12.4 Å². The summed E-state index contributed by atoms with van der Waals surface area (Å²) in [7, 11) is 0. The fourth-order valence-electron chi connectivity index (χ4n) is 4.93. The van der Waals surface area contributed by atoms with Gasteiger partial charge < -0.3 is 29.9 Å². The van der Waals surface area contributed by atoms with Crippen molar-refractivity contribution in [3.8, 4) is 5.75 Å². The molecule has 2 atom stereocenters. The number of halogens is 3. The molecule has 1 aromatic carbocycles. The maximum atomic E-state index is 12.8. The fraction of sp³-hybridized carbons (Fsp3) is 0.625. The number of hydrogen-bond donors (Lipinski definition) is 2. The number of β-amino-alcohol motifs (C(OH)–C–C–N with tert-alkyl or cyclic N) is 1. The lowest BCUT2D eigenvalue weighted by atomic mass is 9.90. The molecule has 2 aliphatic heterocycles. The van der Waals surface area contributed by atoms with Crippen molar-refractivity contribution >= 4 is 23.5 Å². The first-order chi connectivity index (χ1) is 17.0. The summed E-state index contributed by atoms with van der Waals surface area (Å²) < 4.78 is 40.7. The summed E-state index contributed by atoms with van der Waals surface area (Å²) in [6.45, 7) is 3.64. The van der Waals surface area contributed by atoms with Gasteiger partial charge in [-0.15, -0.1) is 13.2 Å². The van der Waals surface area contributed by atoms with E-state index in [2.05, 4.69) is 10.1 Å². The number of ether oxygens (including phenoxy) is 1. The smallest absolute Gasteiger partial charge is 0.406 e. The number of urea groups is 1. The molecule has 9 nitrogen and oxygen atoms in total. The van der Waals surface area contributed by atoms with Gasteiger partial charge in [0.15, 0.2) is 0 Å². The molecule has 36 heavy (non-hydrogen) atoms. The van der Waals surface area contributed by atoms with Gasteiger partial charge in [0.1, 0.15) is 11.8 Å². The van der Waals surface area contributed by atoms with Crippen molar-refractivity contribution in [2.45, 2.75) is 57.5 Å². The lowest BCUT2D eigenvalue weighted by Crippen LogP contribution is -2.58. The minimum absolute atomic E-state index is 0.0188. The molecule has 3 aliphatic rings. The molecule has 3 fully saturated rings. The predicted molar refractivity (Wildman–Crippen MR) is 123 cm³/mol. The van der Waals surface area contributed by atoms with Crippen LogP contribution in [-0.2, 0) is 9.59 Å². The molecule has 1 aromatic rings. The van der Waals surface area contributed by atoms with E-state index in [4.69, 9.17) is 0 Å². The van der Waals surface area contributed by atoms with Crippen LogP contribution in [0.25, 0.3) is 0 Å². The van der Waals surface area contributed by atoms with Crippen LogP contribution in [0.1, 0.15) is 39.0 Å². The molecule has 4 amide bonds. The SMILES string of the molecule is CC1C(=O)N(CCCC(=O)N2CCC3(CC3)C(O)C2)CCN1C(=O)Nc1ccc(OC(F)(F)F)cc1. The summed E-state index contributed by atoms with van der Waals surface area (Å²) in [6, 6.07) is 3.48. The van der Waals surface area contributed by atoms with Gasteiger partial charge in [-0.3, -0.25) is 9.59 Å². The van der Waals surface area contributed by atoms with Crippen molar-refractivity contribution in [1.29, 1.82) is 0 Å². The summed E-state index contributed by atoms with van der Waals surface area (Å²) in [6.07, 6.45) is -1.58. The van der Waals surface area contributed by atoms with E-state index in [1.807, 2.05) is 0 Å². The zero-order valence-corrected chi connectivity index (χ0v) is 20.1. The number of nitrogens with one attached hydrogen (secondary N) is 1. The average Bonchev–Trinajstić information content (AvgIpc) is 3.59. The molecule has 0 bridgehead atoms. The van der Waals surface area contributed by atoms with E-state index in [1.54, 1.807) is 16.7 Å². The highest BCUT2D eigenvalue weighted by molar-refractivity contribution is 5.94. The maximum absolute atomic E-state index is 12.8. The second kappa shape index (κ2) is 10.2. The predicted octanol–water partition coefficient (Wildman–Crippen LogP) is 2.80. The highest BCUT2D eigenvalue weighted by atomic mass is 19.4. The molecular formula is C24H31F3N4O5. The van der Waals surface area contributed by atoms with Crippen LogP contribution in [0.4, 0.5) is 23.7 Å². The first-order valence-corrected chi connectivity index (χ1v) is 12.2. The second-order valence-electron chi connectivity index (χ2n) is 9.77. The van der Waals surface area contributed by atoms with Crippen LogP contribution in [0.15, 0.2) is 24.3 Å². The van der Waals surface area contributed by atoms with Gasteiger partial charge in [-0.25, -0.2) is 4.79 Å². The number of carbonyl (C=O) groups is 3. The van der Waals surface area contributed by atoms with Gasteiger partial charge in [-0.1, -0.05) is 0 Å². The Morgan fingerprint density at radius 3 is 2.44 bits per heavy atom. The Balaban J connectivity index is 1.21. The molecule has 1 aliphatic carbocycles. The summed E-state index contributed by atoms with van der Waals surface area (Å²) in [5.41, 5.74) is 0.307. The topological polar surface area (TPSA) is 102 Å². The molecule has 4 rings (SSSR count). The first kappa shape index (κ1) is 26.1. The standard InChI is InChI=1S/C24H31F3N4O5/c1-16-21(34)29(11-2-3-20(33)30-12-10-23(8-9-23)19(32)15-30)13-14-31(16)22(35)28-17-4-6-18(7-5-17)36-24(25,26)27/h4-7,16,19,32H,2-3,8-15H2,1H3,(H,28,35). The first-order valence-electron chi connectivity index (χ1n) is 12.2. The molecule has 12 heteroatoms. The Labute approximate surface area is 207 Å². The number of hydrogen-bond acceptors (Lipinski definition) is 5. The Bertz CT molecular complexity index is 983. The average molecular weight is 513 g/mol. The number of likely N-dealkylation sites (tertiary alicyclic amines) is 1.